The van der Waals surface area contributed by atoms with Gasteiger partial charge in [0.05, 0.1) is 5.69 Å². The summed E-state index contributed by atoms with van der Waals surface area (Å²) >= 11 is 1.66. The monoisotopic (exact) mass is 510 g/mol. The van der Waals surface area contributed by atoms with Gasteiger partial charge in [-0.1, -0.05) is 6.58 Å². The molecule has 6 nitrogen and oxygen atoms in total. The van der Waals surface area contributed by atoms with Crippen LogP contribution in [0.5, 0.6) is 0 Å². The molecule has 6 rings (SSSR count). The van der Waals surface area contributed by atoms with Gasteiger partial charge < -0.3 is 19.8 Å². The summed E-state index contributed by atoms with van der Waals surface area (Å²) in [4.78, 5) is 23.7. The fourth-order valence-corrected chi connectivity index (χ4v) is 6.85. The van der Waals surface area contributed by atoms with Gasteiger partial charge in [-0.2, -0.15) is 0 Å². The topological polar surface area (TPSA) is 59.4 Å². The van der Waals surface area contributed by atoms with E-state index in [0.717, 1.165) is 51.9 Å². The van der Waals surface area contributed by atoms with Crippen molar-refractivity contribution in [1.82, 2.24) is 9.80 Å². The van der Waals surface area contributed by atoms with E-state index in [2.05, 4.69) is 24.5 Å². The van der Waals surface area contributed by atoms with Crippen molar-refractivity contribution in [3.05, 3.63) is 59.7 Å². The van der Waals surface area contributed by atoms with Crippen LogP contribution in [0.2, 0.25) is 0 Å². The van der Waals surface area contributed by atoms with Crippen LogP contribution in [-0.2, 0) is 4.79 Å². The molecule has 1 unspecified atom stereocenters. The van der Waals surface area contributed by atoms with Gasteiger partial charge in [-0.25, -0.2) is 13.8 Å². The quantitative estimate of drug-likeness (QED) is 0.628. The van der Waals surface area contributed by atoms with Crippen molar-refractivity contribution in [2.75, 3.05) is 36.8 Å². The first-order chi connectivity index (χ1) is 17.4. The number of aliphatic imine (C=N–C) groups is 1. The van der Waals surface area contributed by atoms with Crippen molar-refractivity contribution in [2.24, 2.45) is 4.99 Å². The zero-order valence-corrected chi connectivity index (χ0v) is 20.9. The molecule has 1 saturated heterocycles. The standard InChI is InChI=1S/C27H28F2N4O2S/c1-3-22(34)31-8-9-32(15(2)14-31)26-20-13-19(16-4-5-16)23(18-7-6-17(28)12-21(18)29)25-24(20)33(10-11-36-25)27(35)30-26/h3,6-7,12-13,15-16,27,35H,1,4-5,8-11,14H2,2H3/t15-,27?/m0/s1. The number of hydrogen-bond donors (Lipinski definition) is 1. The van der Waals surface area contributed by atoms with Crippen LogP contribution >= 0.6 is 11.8 Å². The lowest BCUT2D eigenvalue weighted by molar-refractivity contribution is -0.128. The number of amides is 1. The van der Waals surface area contributed by atoms with Crippen LogP contribution in [0.3, 0.4) is 0 Å². The summed E-state index contributed by atoms with van der Waals surface area (Å²) in [6, 6.07) is 5.88. The van der Waals surface area contributed by atoms with Crippen LogP contribution in [0.4, 0.5) is 14.5 Å². The Hall–Kier alpha value is -2.91. The normalized spacial score (nSPS) is 23.3. The number of carbonyl (C=O) groups excluding carboxylic acids is 1. The van der Waals surface area contributed by atoms with Crippen molar-refractivity contribution in [3.63, 3.8) is 0 Å². The van der Waals surface area contributed by atoms with E-state index in [1.807, 2.05) is 4.90 Å². The van der Waals surface area contributed by atoms with Gasteiger partial charge in [0.1, 0.15) is 17.5 Å². The van der Waals surface area contributed by atoms with Gasteiger partial charge in [-0.15, -0.1) is 11.8 Å². The lowest BCUT2D eigenvalue weighted by atomic mass is 9.91. The second-order valence-electron chi connectivity index (χ2n) is 9.84. The average molecular weight is 511 g/mol. The number of piperazine rings is 1. The molecule has 0 bridgehead atoms. The molecule has 9 heteroatoms. The molecule has 4 aliphatic rings. The number of aliphatic hydroxyl groups excluding tert-OH is 1. The molecule has 0 spiro atoms. The Morgan fingerprint density at radius 1 is 1.17 bits per heavy atom. The van der Waals surface area contributed by atoms with Gasteiger partial charge in [0.15, 0.2) is 0 Å². The number of amidine groups is 1. The van der Waals surface area contributed by atoms with Crippen LogP contribution in [0, 0.1) is 11.6 Å². The molecule has 1 saturated carbocycles. The van der Waals surface area contributed by atoms with Gasteiger partial charge >= 0.3 is 0 Å². The predicted molar refractivity (Wildman–Crippen MR) is 137 cm³/mol. The largest absolute Gasteiger partial charge is 0.355 e. The van der Waals surface area contributed by atoms with Gasteiger partial charge in [0.2, 0.25) is 12.3 Å². The van der Waals surface area contributed by atoms with Crippen LogP contribution in [0.15, 0.2) is 46.8 Å². The van der Waals surface area contributed by atoms with Crippen molar-refractivity contribution in [1.29, 1.82) is 0 Å². The summed E-state index contributed by atoms with van der Waals surface area (Å²) < 4.78 is 28.9. The average Bonchev–Trinajstić information content (AvgIpc) is 3.71. The number of carbonyl (C=O) groups is 1. The van der Waals surface area contributed by atoms with Crippen LogP contribution < -0.4 is 4.90 Å². The van der Waals surface area contributed by atoms with E-state index in [0.29, 0.717) is 43.5 Å². The number of hydrogen-bond acceptors (Lipinski definition) is 6. The number of anilines is 1. The third-order valence-corrected chi connectivity index (χ3v) is 8.59. The van der Waals surface area contributed by atoms with Crippen molar-refractivity contribution in [3.8, 4) is 11.1 Å². The molecule has 36 heavy (non-hydrogen) atoms. The molecular weight excluding hydrogens is 482 g/mol. The highest BCUT2D eigenvalue weighted by Crippen LogP contribution is 2.54. The number of aliphatic hydroxyl groups is 1. The Kier molecular flexibility index (Phi) is 5.80. The minimum atomic E-state index is -1.05. The molecule has 0 radical (unpaired) electrons. The van der Waals surface area contributed by atoms with Gasteiger partial charge in [0.25, 0.3) is 0 Å². The summed E-state index contributed by atoms with van der Waals surface area (Å²) in [5.74, 6) is 0.495. The van der Waals surface area contributed by atoms with E-state index in [4.69, 9.17) is 4.99 Å². The molecule has 2 aromatic rings. The third-order valence-electron chi connectivity index (χ3n) is 7.51. The number of thioether (sulfide) groups is 1. The summed E-state index contributed by atoms with van der Waals surface area (Å²) in [7, 11) is 0. The SMILES string of the molecule is C=CC(=O)N1CCN(C2=NC(O)N3CCSc4c(-c5ccc(F)cc5F)c(C5CC5)cc2c43)[C@@H](C)C1. The summed E-state index contributed by atoms with van der Waals surface area (Å²) in [5, 5.41) is 11.1. The van der Waals surface area contributed by atoms with E-state index < -0.39 is 18.0 Å². The molecule has 3 heterocycles. The maximum absolute atomic E-state index is 15.1. The molecule has 2 fully saturated rings. The predicted octanol–water partition coefficient (Wildman–Crippen LogP) is 4.18. The fraction of sp³-hybridized carbons (Fsp3) is 0.407. The van der Waals surface area contributed by atoms with Gasteiger partial charge in [-0.05, 0) is 55.5 Å². The fourth-order valence-electron chi connectivity index (χ4n) is 5.62. The van der Waals surface area contributed by atoms with Gasteiger partial charge in [0, 0.05) is 65.6 Å². The maximum Gasteiger partial charge on any atom is 0.246 e. The van der Waals surface area contributed by atoms with Crippen LogP contribution in [0.1, 0.15) is 36.8 Å². The zero-order valence-electron chi connectivity index (χ0n) is 20.1. The molecular formula is C27H28F2N4O2S. The summed E-state index contributed by atoms with van der Waals surface area (Å²) in [6.45, 7) is 7.93. The van der Waals surface area contributed by atoms with Crippen molar-refractivity contribution >= 4 is 29.2 Å². The molecule has 1 aliphatic carbocycles. The maximum atomic E-state index is 15.1. The number of benzene rings is 2. The molecule has 1 amide bonds. The number of nitrogens with zero attached hydrogens (tertiary/aromatic N) is 4. The van der Waals surface area contributed by atoms with E-state index in [9.17, 15) is 14.3 Å². The minimum Gasteiger partial charge on any atom is -0.355 e. The molecule has 1 N–H and O–H groups in total. The molecule has 0 aromatic heterocycles. The smallest absolute Gasteiger partial charge is 0.246 e. The molecule has 2 atom stereocenters. The number of rotatable bonds is 3. The van der Waals surface area contributed by atoms with E-state index in [-0.39, 0.29) is 11.9 Å². The van der Waals surface area contributed by atoms with E-state index in [1.165, 1.54) is 18.2 Å². The first kappa shape index (κ1) is 23.5. The first-order valence-corrected chi connectivity index (χ1v) is 13.4. The van der Waals surface area contributed by atoms with E-state index in [1.54, 1.807) is 16.7 Å². The lowest BCUT2D eigenvalue weighted by Crippen LogP contribution is -2.57. The molecule has 188 valence electrons. The Morgan fingerprint density at radius 2 is 1.97 bits per heavy atom. The summed E-state index contributed by atoms with van der Waals surface area (Å²) in [6.07, 6.45) is 2.34. The number of halogens is 2. The molecule has 3 aliphatic heterocycles. The van der Waals surface area contributed by atoms with Gasteiger partial charge in [-0.3, -0.25) is 4.79 Å². The first-order valence-electron chi connectivity index (χ1n) is 12.4. The Labute approximate surface area is 213 Å². The lowest BCUT2D eigenvalue weighted by Gasteiger charge is -2.46. The van der Waals surface area contributed by atoms with Crippen molar-refractivity contribution in [2.45, 2.75) is 43.0 Å². The van der Waals surface area contributed by atoms with Crippen LogP contribution in [-0.4, -0.2) is 71.0 Å². The highest BCUT2D eigenvalue weighted by atomic mass is 32.2. The highest BCUT2D eigenvalue weighted by Gasteiger charge is 2.40. The summed E-state index contributed by atoms with van der Waals surface area (Å²) in [5.41, 5.74) is 4.07. The second-order valence-corrected chi connectivity index (χ2v) is 10.9. The van der Waals surface area contributed by atoms with Crippen LogP contribution in [0.25, 0.3) is 11.1 Å². The minimum absolute atomic E-state index is 0.00867. The Bertz CT molecular complexity index is 1300. The van der Waals surface area contributed by atoms with E-state index >= 15 is 4.39 Å². The third kappa shape index (κ3) is 3.80. The highest BCUT2D eigenvalue weighted by molar-refractivity contribution is 7.99. The van der Waals surface area contributed by atoms with Crippen molar-refractivity contribution < 1.29 is 18.7 Å². The Morgan fingerprint density at radius 3 is 2.67 bits per heavy atom. The zero-order chi connectivity index (χ0) is 25.1. The second kappa shape index (κ2) is 8.88. The molecule has 2 aromatic carbocycles. The Balaban J connectivity index is 1.50.